The van der Waals surface area contributed by atoms with Gasteiger partial charge in [0.2, 0.25) is 0 Å². The highest BCUT2D eigenvalue weighted by Crippen LogP contribution is 2.27. The third-order valence-electron chi connectivity index (χ3n) is 3.04. The lowest BCUT2D eigenvalue weighted by molar-refractivity contribution is 0.570. The first kappa shape index (κ1) is 11.9. The fraction of sp³-hybridized carbons (Fsp3) is 0.750. The topological polar surface area (TPSA) is 28.2 Å². The maximum absolute atomic E-state index is 4.59. The minimum absolute atomic E-state index is 0.650. The number of nitrogens with zero attached hydrogens (tertiary/aromatic N) is 2. The summed E-state index contributed by atoms with van der Waals surface area (Å²) in [6.45, 7) is 7.68. The maximum atomic E-state index is 4.59. The van der Waals surface area contributed by atoms with Crippen molar-refractivity contribution in [1.29, 1.82) is 0 Å². The summed E-state index contributed by atoms with van der Waals surface area (Å²) in [7, 11) is 0. The highest BCUT2D eigenvalue weighted by Gasteiger charge is 2.25. The van der Waals surface area contributed by atoms with Crippen LogP contribution in [-0.4, -0.2) is 30.7 Å². The molecule has 1 aliphatic heterocycles. The standard InChI is InChI=1S/C12H21N3S/c1-3-6-13-8-11-5-4-7-15(11)12-14-10(2)9-16-12/h9,11,13H,3-8H2,1-2H3. The molecule has 0 spiro atoms. The highest BCUT2D eigenvalue weighted by molar-refractivity contribution is 7.13. The summed E-state index contributed by atoms with van der Waals surface area (Å²) in [5.74, 6) is 0. The third-order valence-corrected chi connectivity index (χ3v) is 4.03. The predicted octanol–water partition coefficient (Wildman–Crippen LogP) is 2.42. The molecule has 0 bridgehead atoms. The molecule has 0 aliphatic carbocycles. The van der Waals surface area contributed by atoms with Crippen LogP contribution in [0.2, 0.25) is 0 Å². The number of rotatable bonds is 5. The van der Waals surface area contributed by atoms with Gasteiger partial charge in [0.25, 0.3) is 0 Å². The van der Waals surface area contributed by atoms with E-state index < -0.39 is 0 Å². The first-order chi connectivity index (χ1) is 7.81. The Balaban J connectivity index is 1.92. The van der Waals surface area contributed by atoms with Gasteiger partial charge in [-0.2, -0.15) is 0 Å². The molecule has 0 amide bonds. The molecule has 2 rings (SSSR count). The van der Waals surface area contributed by atoms with Crippen LogP contribution in [0.5, 0.6) is 0 Å². The number of aromatic nitrogens is 1. The summed E-state index contributed by atoms with van der Waals surface area (Å²) in [6.07, 6.45) is 3.82. The number of thiazole rings is 1. The SMILES string of the molecule is CCCNCC1CCCN1c1nc(C)cs1. The maximum Gasteiger partial charge on any atom is 0.185 e. The molecular weight excluding hydrogens is 218 g/mol. The van der Waals surface area contributed by atoms with Crippen LogP contribution in [0.3, 0.4) is 0 Å². The van der Waals surface area contributed by atoms with Crippen LogP contribution in [-0.2, 0) is 0 Å². The average Bonchev–Trinajstić information content (AvgIpc) is 2.87. The fourth-order valence-corrected chi connectivity index (χ4v) is 3.12. The monoisotopic (exact) mass is 239 g/mol. The Morgan fingerprint density at radius 2 is 2.50 bits per heavy atom. The zero-order valence-electron chi connectivity index (χ0n) is 10.2. The van der Waals surface area contributed by atoms with Gasteiger partial charge < -0.3 is 10.2 Å². The van der Waals surface area contributed by atoms with Crippen molar-refractivity contribution in [2.45, 2.75) is 39.2 Å². The molecule has 90 valence electrons. The molecule has 0 aromatic carbocycles. The Hall–Kier alpha value is -0.610. The average molecular weight is 239 g/mol. The van der Waals surface area contributed by atoms with Crippen LogP contribution in [0.25, 0.3) is 0 Å². The largest absolute Gasteiger partial charge is 0.344 e. The Morgan fingerprint density at radius 1 is 1.62 bits per heavy atom. The van der Waals surface area contributed by atoms with E-state index in [9.17, 15) is 0 Å². The molecule has 0 radical (unpaired) electrons. The fourth-order valence-electron chi connectivity index (χ4n) is 2.22. The smallest absolute Gasteiger partial charge is 0.185 e. The quantitative estimate of drug-likeness (QED) is 0.800. The number of hydrogen-bond donors (Lipinski definition) is 1. The molecule has 1 N–H and O–H groups in total. The molecule has 2 heterocycles. The van der Waals surface area contributed by atoms with Gasteiger partial charge in [0.1, 0.15) is 0 Å². The van der Waals surface area contributed by atoms with E-state index in [2.05, 4.69) is 34.4 Å². The van der Waals surface area contributed by atoms with Crippen molar-refractivity contribution in [3.05, 3.63) is 11.1 Å². The molecule has 16 heavy (non-hydrogen) atoms. The van der Waals surface area contributed by atoms with Crippen molar-refractivity contribution < 1.29 is 0 Å². The summed E-state index contributed by atoms with van der Waals surface area (Å²) in [5.41, 5.74) is 1.15. The second-order valence-corrected chi connectivity index (χ2v) is 5.30. The van der Waals surface area contributed by atoms with Gasteiger partial charge >= 0.3 is 0 Å². The lowest BCUT2D eigenvalue weighted by Gasteiger charge is -2.24. The molecular formula is C12H21N3S. The second-order valence-electron chi connectivity index (χ2n) is 4.47. The van der Waals surface area contributed by atoms with E-state index >= 15 is 0 Å². The van der Waals surface area contributed by atoms with Gasteiger partial charge in [0.05, 0.1) is 5.69 Å². The summed E-state index contributed by atoms with van der Waals surface area (Å²) in [4.78, 5) is 7.06. The molecule has 0 saturated carbocycles. The van der Waals surface area contributed by atoms with Crippen LogP contribution < -0.4 is 10.2 Å². The van der Waals surface area contributed by atoms with Crippen molar-refractivity contribution in [1.82, 2.24) is 10.3 Å². The van der Waals surface area contributed by atoms with Gasteiger partial charge in [-0.25, -0.2) is 4.98 Å². The molecule has 1 unspecified atom stereocenters. The predicted molar refractivity (Wildman–Crippen MR) is 70.4 cm³/mol. The molecule has 1 fully saturated rings. The third kappa shape index (κ3) is 2.74. The molecule has 1 aromatic heterocycles. The van der Waals surface area contributed by atoms with E-state index in [0.29, 0.717) is 6.04 Å². The normalized spacial score (nSPS) is 20.6. The first-order valence-corrected chi connectivity index (χ1v) is 7.08. The highest BCUT2D eigenvalue weighted by atomic mass is 32.1. The number of anilines is 1. The Morgan fingerprint density at radius 3 is 3.19 bits per heavy atom. The van der Waals surface area contributed by atoms with Gasteiger partial charge in [0, 0.05) is 24.5 Å². The van der Waals surface area contributed by atoms with Crippen LogP contribution in [0.1, 0.15) is 31.9 Å². The summed E-state index contributed by atoms with van der Waals surface area (Å²) in [6, 6.07) is 0.650. The van der Waals surface area contributed by atoms with Crippen molar-refractivity contribution in [3.8, 4) is 0 Å². The van der Waals surface area contributed by atoms with E-state index in [-0.39, 0.29) is 0 Å². The van der Waals surface area contributed by atoms with Gasteiger partial charge in [-0.1, -0.05) is 6.92 Å². The zero-order chi connectivity index (χ0) is 11.4. The van der Waals surface area contributed by atoms with Crippen molar-refractivity contribution in [2.75, 3.05) is 24.5 Å². The van der Waals surface area contributed by atoms with Gasteiger partial charge in [-0.15, -0.1) is 11.3 Å². The Bertz CT molecular complexity index is 324. The lowest BCUT2D eigenvalue weighted by Crippen LogP contribution is -2.38. The molecule has 1 aliphatic rings. The van der Waals surface area contributed by atoms with Gasteiger partial charge in [-0.3, -0.25) is 0 Å². The second kappa shape index (κ2) is 5.64. The summed E-state index contributed by atoms with van der Waals surface area (Å²) >= 11 is 1.78. The lowest BCUT2D eigenvalue weighted by atomic mass is 10.2. The molecule has 1 atom stereocenters. The van der Waals surface area contributed by atoms with Gasteiger partial charge in [0.15, 0.2) is 5.13 Å². The molecule has 1 saturated heterocycles. The Kier molecular flexibility index (Phi) is 4.18. The van der Waals surface area contributed by atoms with E-state index in [0.717, 1.165) is 18.8 Å². The number of nitrogens with one attached hydrogen (secondary N) is 1. The van der Waals surface area contributed by atoms with E-state index in [1.165, 1.54) is 30.9 Å². The zero-order valence-corrected chi connectivity index (χ0v) is 11.0. The number of aryl methyl sites for hydroxylation is 1. The molecule has 1 aromatic rings. The van der Waals surface area contributed by atoms with Crippen LogP contribution >= 0.6 is 11.3 Å². The minimum atomic E-state index is 0.650. The van der Waals surface area contributed by atoms with Gasteiger partial charge in [-0.05, 0) is 32.7 Å². The van der Waals surface area contributed by atoms with Crippen LogP contribution in [0, 0.1) is 6.92 Å². The summed E-state index contributed by atoms with van der Waals surface area (Å²) in [5, 5.41) is 6.87. The van der Waals surface area contributed by atoms with Crippen molar-refractivity contribution in [2.24, 2.45) is 0 Å². The van der Waals surface area contributed by atoms with E-state index in [1.807, 2.05) is 0 Å². The first-order valence-electron chi connectivity index (χ1n) is 6.20. The van der Waals surface area contributed by atoms with Crippen LogP contribution in [0.15, 0.2) is 5.38 Å². The van der Waals surface area contributed by atoms with Crippen molar-refractivity contribution >= 4 is 16.5 Å². The molecule has 3 nitrogen and oxygen atoms in total. The number of hydrogen-bond acceptors (Lipinski definition) is 4. The molecule has 4 heteroatoms. The van der Waals surface area contributed by atoms with E-state index in [1.54, 1.807) is 11.3 Å². The van der Waals surface area contributed by atoms with Crippen LogP contribution in [0.4, 0.5) is 5.13 Å². The van der Waals surface area contributed by atoms with E-state index in [4.69, 9.17) is 0 Å². The minimum Gasteiger partial charge on any atom is -0.344 e. The van der Waals surface area contributed by atoms with Crippen molar-refractivity contribution in [3.63, 3.8) is 0 Å². The Labute approximate surface area is 102 Å². The summed E-state index contributed by atoms with van der Waals surface area (Å²) < 4.78 is 0.